The van der Waals surface area contributed by atoms with Crippen LogP contribution in [0.3, 0.4) is 0 Å². The second kappa shape index (κ2) is 9.12. The molecule has 0 N–H and O–H groups in total. The van der Waals surface area contributed by atoms with Crippen molar-refractivity contribution in [1.82, 2.24) is 9.29 Å². The van der Waals surface area contributed by atoms with Gasteiger partial charge in [-0.05, 0) is 29.8 Å². The van der Waals surface area contributed by atoms with E-state index >= 15 is 0 Å². The Bertz CT molecular complexity index is 1210. The highest BCUT2D eigenvalue weighted by atomic mass is 79.9. The van der Waals surface area contributed by atoms with Crippen molar-refractivity contribution in [2.45, 2.75) is 17.5 Å². The van der Waals surface area contributed by atoms with Crippen LogP contribution in [0.2, 0.25) is 0 Å². The highest BCUT2D eigenvalue weighted by Crippen LogP contribution is 2.35. The number of rotatable bonds is 5. The summed E-state index contributed by atoms with van der Waals surface area (Å²) in [5.74, 6) is 0. The first-order valence-corrected chi connectivity index (χ1v) is 12.9. The van der Waals surface area contributed by atoms with Gasteiger partial charge in [-0.3, -0.25) is 0 Å². The Labute approximate surface area is 196 Å². The molecule has 1 aromatic heterocycles. The number of halogens is 4. The van der Waals surface area contributed by atoms with Crippen LogP contribution in [0.15, 0.2) is 63.3 Å². The van der Waals surface area contributed by atoms with E-state index in [-0.39, 0.29) is 13.1 Å². The number of alkyl halides is 3. The maximum atomic E-state index is 13.3. The van der Waals surface area contributed by atoms with Crippen molar-refractivity contribution in [2.75, 3.05) is 31.1 Å². The van der Waals surface area contributed by atoms with Crippen molar-refractivity contribution in [1.29, 1.82) is 0 Å². The maximum Gasteiger partial charge on any atom is 0.417 e. The Morgan fingerprint density at radius 3 is 2.44 bits per heavy atom. The summed E-state index contributed by atoms with van der Waals surface area (Å²) in [5, 5.41) is 2.75. The van der Waals surface area contributed by atoms with Crippen LogP contribution < -0.4 is 4.90 Å². The first-order valence-electron chi connectivity index (χ1n) is 9.75. The van der Waals surface area contributed by atoms with E-state index in [0.717, 1.165) is 37.3 Å². The summed E-state index contributed by atoms with van der Waals surface area (Å²) in [6.45, 7) is 0.901. The number of benzene rings is 2. The molecule has 1 aliphatic heterocycles. The van der Waals surface area contributed by atoms with E-state index in [2.05, 4.69) is 20.9 Å². The number of thiazole rings is 1. The number of aromatic nitrogens is 1. The minimum Gasteiger partial charge on any atom is -0.345 e. The number of sulfonamides is 1. The largest absolute Gasteiger partial charge is 0.417 e. The van der Waals surface area contributed by atoms with E-state index in [9.17, 15) is 21.6 Å². The highest BCUT2D eigenvalue weighted by molar-refractivity contribution is 9.10. The molecule has 0 spiro atoms. The van der Waals surface area contributed by atoms with Crippen LogP contribution in [0.5, 0.6) is 0 Å². The lowest BCUT2D eigenvalue weighted by Gasteiger charge is -2.34. The van der Waals surface area contributed by atoms with Gasteiger partial charge >= 0.3 is 6.18 Å². The number of anilines is 1. The second-order valence-corrected chi connectivity index (χ2v) is 11.0. The number of hydrogen-bond acceptors (Lipinski definition) is 5. The minimum absolute atomic E-state index is 0.0923. The van der Waals surface area contributed by atoms with Crippen molar-refractivity contribution >= 4 is 42.4 Å². The van der Waals surface area contributed by atoms with Gasteiger partial charge in [0.25, 0.3) is 0 Å². The molecule has 0 unspecified atom stereocenters. The van der Waals surface area contributed by atoms with Gasteiger partial charge in [0.05, 0.1) is 16.2 Å². The third kappa shape index (κ3) is 5.00. The van der Waals surface area contributed by atoms with Crippen LogP contribution in [0.4, 0.5) is 18.3 Å². The fourth-order valence-corrected chi connectivity index (χ4v) is 6.52. The van der Waals surface area contributed by atoms with Gasteiger partial charge in [0.1, 0.15) is 0 Å². The molecule has 5 nitrogen and oxygen atoms in total. The fraction of sp³-hybridized carbons (Fsp3) is 0.286. The first kappa shape index (κ1) is 23.2. The van der Waals surface area contributed by atoms with Crippen LogP contribution in [0.25, 0.3) is 0 Å². The summed E-state index contributed by atoms with van der Waals surface area (Å²) in [5.41, 5.74) is 0.896. The Kier molecular flexibility index (Phi) is 6.62. The van der Waals surface area contributed by atoms with Gasteiger partial charge in [-0.25, -0.2) is 13.4 Å². The molecule has 0 amide bonds. The van der Waals surface area contributed by atoms with Gasteiger partial charge in [-0.15, -0.1) is 11.3 Å². The molecule has 2 heterocycles. The summed E-state index contributed by atoms with van der Waals surface area (Å²) < 4.78 is 67.9. The molecule has 0 aliphatic carbocycles. The highest BCUT2D eigenvalue weighted by Gasteiger charge is 2.39. The van der Waals surface area contributed by atoms with Gasteiger partial charge in [0.15, 0.2) is 5.13 Å². The van der Waals surface area contributed by atoms with Gasteiger partial charge in [0.2, 0.25) is 10.0 Å². The Balaban J connectivity index is 1.44. The van der Waals surface area contributed by atoms with Crippen LogP contribution >= 0.6 is 27.3 Å². The lowest BCUT2D eigenvalue weighted by Crippen LogP contribution is -2.49. The molecular formula is C21H19BrF3N3O2S2. The molecule has 2 aromatic carbocycles. The van der Waals surface area contributed by atoms with Crippen molar-refractivity contribution in [3.05, 3.63) is 75.2 Å². The Morgan fingerprint density at radius 1 is 1.03 bits per heavy atom. The van der Waals surface area contributed by atoms with Crippen molar-refractivity contribution in [3.63, 3.8) is 0 Å². The molecule has 3 aromatic rings. The molecule has 0 bridgehead atoms. The van der Waals surface area contributed by atoms with E-state index < -0.39 is 26.7 Å². The molecule has 1 saturated heterocycles. The lowest BCUT2D eigenvalue weighted by molar-refractivity contribution is -0.139. The summed E-state index contributed by atoms with van der Waals surface area (Å²) in [6.07, 6.45) is -4.06. The molecular weight excluding hydrogens is 527 g/mol. The lowest BCUT2D eigenvalue weighted by atomic mass is 10.1. The van der Waals surface area contributed by atoms with Gasteiger partial charge in [0, 0.05) is 42.5 Å². The zero-order valence-corrected chi connectivity index (χ0v) is 19.9. The predicted molar refractivity (Wildman–Crippen MR) is 121 cm³/mol. The van der Waals surface area contributed by atoms with Gasteiger partial charge in [-0.2, -0.15) is 17.5 Å². The van der Waals surface area contributed by atoms with Crippen LogP contribution in [0, 0.1) is 0 Å². The number of nitrogens with zero attached hydrogens (tertiary/aromatic N) is 3. The molecule has 4 rings (SSSR count). The second-order valence-electron chi connectivity index (χ2n) is 7.31. The van der Waals surface area contributed by atoms with Crippen molar-refractivity contribution in [2.24, 2.45) is 0 Å². The van der Waals surface area contributed by atoms with Crippen LogP contribution in [0.1, 0.15) is 16.8 Å². The first-order chi connectivity index (χ1) is 15.1. The summed E-state index contributed by atoms with van der Waals surface area (Å²) in [6, 6.07) is 12.3. The van der Waals surface area contributed by atoms with E-state index in [4.69, 9.17) is 0 Å². The van der Waals surface area contributed by atoms with E-state index in [1.807, 2.05) is 34.5 Å². The third-order valence-electron chi connectivity index (χ3n) is 5.13. The van der Waals surface area contributed by atoms with Crippen molar-refractivity contribution in [3.8, 4) is 0 Å². The van der Waals surface area contributed by atoms with E-state index in [0.29, 0.717) is 19.5 Å². The SMILES string of the molecule is O=S(=O)(c1ccccc1C(F)(F)F)N1CCN(c2nc(Cc3cccc(Br)c3)cs2)CC1. The minimum atomic E-state index is -4.74. The zero-order valence-electron chi connectivity index (χ0n) is 16.7. The summed E-state index contributed by atoms with van der Waals surface area (Å²) >= 11 is 4.93. The quantitative estimate of drug-likeness (QED) is 0.451. The number of hydrogen-bond donors (Lipinski definition) is 0. The number of piperazine rings is 1. The Hall–Kier alpha value is -1.95. The van der Waals surface area contributed by atoms with E-state index in [1.54, 1.807) is 0 Å². The molecule has 170 valence electrons. The molecule has 0 saturated carbocycles. The van der Waals surface area contributed by atoms with Crippen LogP contribution in [-0.4, -0.2) is 43.9 Å². The topological polar surface area (TPSA) is 53.5 Å². The summed E-state index contributed by atoms with van der Waals surface area (Å²) in [7, 11) is -4.26. The van der Waals surface area contributed by atoms with Gasteiger partial charge in [-0.1, -0.05) is 40.2 Å². The molecule has 0 atom stereocenters. The smallest absolute Gasteiger partial charge is 0.345 e. The normalized spacial score (nSPS) is 15.8. The molecule has 32 heavy (non-hydrogen) atoms. The summed E-state index contributed by atoms with van der Waals surface area (Å²) in [4.78, 5) is 5.93. The van der Waals surface area contributed by atoms with Crippen molar-refractivity contribution < 1.29 is 21.6 Å². The maximum absolute atomic E-state index is 13.3. The third-order valence-corrected chi connectivity index (χ3v) is 8.53. The molecule has 11 heteroatoms. The van der Waals surface area contributed by atoms with Crippen LogP contribution in [-0.2, 0) is 22.6 Å². The molecule has 1 fully saturated rings. The predicted octanol–water partition coefficient (Wildman–Crippen LogP) is 5.03. The fourth-order valence-electron chi connectivity index (χ4n) is 3.56. The standard InChI is InChI=1S/C21H19BrF3N3O2S2/c22-16-5-3-4-15(12-16)13-17-14-31-20(26-17)27-8-10-28(11-9-27)32(29,30)19-7-2-1-6-18(19)21(23,24)25/h1-7,12,14H,8-11,13H2. The molecule has 0 radical (unpaired) electrons. The van der Waals surface area contributed by atoms with Gasteiger partial charge < -0.3 is 4.90 Å². The monoisotopic (exact) mass is 545 g/mol. The Morgan fingerprint density at radius 2 is 1.75 bits per heavy atom. The van der Waals surface area contributed by atoms with E-state index in [1.165, 1.54) is 23.5 Å². The average Bonchev–Trinajstić information content (AvgIpc) is 3.22. The average molecular weight is 546 g/mol. The molecule has 1 aliphatic rings. The zero-order chi connectivity index (χ0) is 22.9.